The minimum Gasteiger partial charge on any atom is -0.279 e. The molecule has 0 bridgehead atoms. The second-order valence-electron chi connectivity index (χ2n) is 13.2. The van der Waals surface area contributed by atoms with E-state index in [9.17, 15) is 26.3 Å². The average molecular weight is 1030 g/mol. The molecule has 17 heteroatoms. The van der Waals surface area contributed by atoms with Crippen molar-refractivity contribution in [1.29, 1.82) is 0 Å². The molecule has 0 unspecified atom stereocenters. The van der Waals surface area contributed by atoms with Crippen LogP contribution in [0.1, 0.15) is 0 Å². The second-order valence-corrected chi connectivity index (χ2v) is 20.4. The third-order valence-corrected chi connectivity index (χ3v) is 15.3. The van der Waals surface area contributed by atoms with Crippen molar-refractivity contribution in [3.05, 3.63) is 194 Å². The largest absolute Gasteiger partial charge is 0.522 e. The van der Waals surface area contributed by atoms with E-state index < -0.39 is 47.1 Å². The summed E-state index contributed by atoms with van der Waals surface area (Å²) in [6, 6.07) is 71.8. The molecule has 8 aromatic carbocycles. The van der Waals surface area contributed by atoms with Crippen molar-refractivity contribution in [3.63, 3.8) is 0 Å². The van der Waals surface area contributed by atoms with E-state index in [1.54, 1.807) is 0 Å². The molecular weight excluding hydrogens is 995 g/mol. The van der Waals surface area contributed by atoms with Crippen LogP contribution in [-0.2, 0) is 40.7 Å². The number of fused-ring (bicyclic) bond motifs is 2. The molecule has 0 aliphatic heterocycles. The Morgan fingerprint density at radius 3 is 0.810 bits per heavy atom. The number of hydrogen-bond donors (Lipinski definition) is 2. The molecule has 0 atom stereocenters. The molecule has 2 N–H and O–H groups in total. The summed E-state index contributed by atoms with van der Waals surface area (Å²) in [4.78, 5) is 0. The molecule has 0 aromatic heterocycles. The zero-order valence-corrected chi connectivity index (χ0v) is 37.3. The molecule has 8 rings (SSSR count). The zero-order valence-electron chi connectivity index (χ0n) is 32.3. The molecule has 63 heavy (non-hydrogen) atoms. The van der Waals surface area contributed by atoms with Crippen molar-refractivity contribution < 1.29 is 72.7 Å². The first-order valence-corrected chi connectivity index (χ1v) is 23.8. The summed E-state index contributed by atoms with van der Waals surface area (Å²) in [5.41, 5.74) is -8.37. The first kappa shape index (κ1) is 49.2. The molecule has 0 aliphatic rings. The van der Waals surface area contributed by atoms with Crippen molar-refractivity contribution in [2.45, 2.75) is 11.0 Å². The zero-order chi connectivity index (χ0) is 44.7. The predicted molar refractivity (Wildman–Crippen MR) is 240 cm³/mol. The van der Waals surface area contributed by atoms with Gasteiger partial charge in [-0.25, -0.2) is 0 Å². The van der Waals surface area contributed by atoms with Crippen molar-refractivity contribution in [3.8, 4) is 11.1 Å². The number of benzene rings is 8. The molecule has 0 saturated heterocycles. The van der Waals surface area contributed by atoms with E-state index in [2.05, 4.69) is 194 Å². The van der Waals surface area contributed by atoms with Crippen LogP contribution in [0.2, 0.25) is 0 Å². The van der Waals surface area contributed by atoms with E-state index in [0.717, 1.165) is 0 Å². The average Bonchev–Trinajstić information content (AvgIpc) is 3.24. The minimum absolute atomic E-state index is 0. The number of rotatable bonds is 7. The molecule has 0 spiro atoms. The van der Waals surface area contributed by atoms with Crippen molar-refractivity contribution in [2.75, 3.05) is 0 Å². The third-order valence-electron chi connectivity index (χ3n) is 9.19. The quantitative estimate of drug-likeness (QED) is 0.0542. The smallest absolute Gasteiger partial charge is 0.279 e. The fourth-order valence-corrected chi connectivity index (χ4v) is 11.5. The normalized spacial score (nSPS) is 11.9. The van der Waals surface area contributed by atoms with Crippen LogP contribution in [0.5, 0.6) is 0 Å². The Bertz CT molecular complexity index is 2720. The Morgan fingerprint density at radius 2 is 0.571 bits per heavy atom. The van der Waals surface area contributed by atoms with Crippen LogP contribution in [0.25, 0.3) is 32.7 Å². The minimum atomic E-state index is -5.84. The van der Waals surface area contributed by atoms with E-state index in [1.807, 2.05) is 0 Å². The summed E-state index contributed by atoms with van der Waals surface area (Å²) in [6.45, 7) is 0. The molecule has 0 heterocycles. The van der Waals surface area contributed by atoms with Crippen LogP contribution in [0.4, 0.5) is 26.3 Å². The number of halogens is 6. The Morgan fingerprint density at radius 1 is 0.349 bits per heavy atom. The van der Waals surface area contributed by atoms with E-state index in [1.165, 1.54) is 64.5 Å². The summed E-state index contributed by atoms with van der Waals surface area (Å²) in [5.74, 6) is 0. The molecule has 0 amide bonds. The Kier molecular flexibility index (Phi) is 16.3. The summed E-state index contributed by atoms with van der Waals surface area (Å²) >= 11 is 0. The van der Waals surface area contributed by atoms with Gasteiger partial charge in [-0.05, 0) is 80.3 Å². The van der Waals surface area contributed by atoms with Gasteiger partial charge in [0.15, 0.2) is 0 Å². The third kappa shape index (κ3) is 11.9. The van der Waals surface area contributed by atoms with Gasteiger partial charge in [-0.15, -0.1) is 0 Å². The van der Waals surface area contributed by atoms with Gasteiger partial charge in [-0.3, -0.25) is 9.11 Å². The molecular formula is C46H34F6O6P2PdS2. The number of alkyl halides is 6. The van der Waals surface area contributed by atoms with Crippen LogP contribution < -0.4 is 31.8 Å². The molecule has 0 saturated carbocycles. The summed E-state index contributed by atoms with van der Waals surface area (Å²) in [7, 11) is -13.4. The maximum atomic E-state index is 10.7. The van der Waals surface area contributed by atoms with E-state index in [-0.39, 0.29) is 20.4 Å². The maximum absolute atomic E-state index is 10.7. The van der Waals surface area contributed by atoms with E-state index in [0.29, 0.717) is 0 Å². The van der Waals surface area contributed by atoms with Gasteiger partial charge in [-0.1, -0.05) is 194 Å². The van der Waals surface area contributed by atoms with Crippen LogP contribution in [0.3, 0.4) is 0 Å². The fourth-order valence-electron chi connectivity index (χ4n) is 6.58. The first-order chi connectivity index (χ1) is 29.4. The van der Waals surface area contributed by atoms with Crippen molar-refractivity contribution in [1.82, 2.24) is 0 Å². The Hall–Kier alpha value is -4.80. The summed E-state index contributed by atoms with van der Waals surface area (Å²) in [6.07, 6.45) is 0. The maximum Gasteiger partial charge on any atom is 0.522 e. The second kappa shape index (κ2) is 20.8. The van der Waals surface area contributed by atoms with Gasteiger partial charge < -0.3 is 0 Å². The molecule has 8 aromatic rings. The van der Waals surface area contributed by atoms with Gasteiger partial charge in [0.1, 0.15) is 0 Å². The van der Waals surface area contributed by atoms with Gasteiger partial charge in [0.25, 0.3) is 0 Å². The fraction of sp³-hybridized carbons (Fsp3) is 0.0435. The van der Waals surface area contributed by atoms with Crippen LogP contribution in [-0.4, -0.2) is 37.0 Å². The van der Waals surface area contributed by atoms with Gasteiger partial charge >= 0.3 is 31.3 Å². The predicted octanol–water partition coefficient (Wildman–Crippen LogP) is 9.96. The molecule has 0 radical (unpaired) electrons. The van der Waals surface area contributed by atoms with Gasteiger partial charge in [-0.2, -0.15) is 43.2 Å². The van der Waals surface area contributed by atoms with E-state index >= 15 is 0 Å². The van der Waals surface area contributed by atoms with Gasteiger partial charge in [0, 0.05) is 20.4 Å². The standard InChI is InChI=1S/C44H32P2.2CHF3O3S.Pd/c1-5-19-35(20-6-1)45(36-21-7-2-8-22-36)41-31-29-33-17-13-15-27-39(33)43(41)44-40-28-16-14-18-34(40)30-32-42(44)46(37-23-9-3-10-24-37)38-25-11-4-12-26-38;2*2-1(3,4)8(5,6)7;/h1-32H;2*(H,5,6,7);. The SMILES string of the molecule is O=S(=O)(O)C(F)(F)F.O=S(=O)(O)C(F)(F)F.[Pd].c1ccc(P(c2ccccc2)c2ccc3ccccc3c2-c2c(P(c3ccccc3)c3ccccc3)ccc3ccccc23)cc1. The summed E-state index contributed by atoms with van der Waals surface area (Å²) in [5, 5.41) is 13.3. The summed E-state index contributed by atoms with van der Waals surface area (Å²) < 4.78 is 115. The Balaban J connectivity index is 0.000000377. The van der Waals surface area contributed by atoms with Crippen LogP contribution in [0.15, 0.2) is 194 Å². The van der Waals surface area contributed by atoms with Crippen LogP contribution in [0, 0.1) is 0 Å². The van der Waals surface area contributed by atoms with Gasteiger partial charge in [0.05, 0.1) is 0 Å². The monoisotopic (exact) mass is 1030 g/mol. The van der Waals surface area contributed by atoms with Gasteiger partial charge in [0.2, 0.25) is 0 Å². The van der Waals surface area contributed by atoms with Crippen molar-refractivity contribution in [2.24, 2.45) is 0 Å². The first-order valence-electron chi connectivity index (χ1n) is 18.3. The van der Waals surface area contributed by atoms with Crippen molar-refractivity contribution >= 4 is 89.5 Å². The molecule has 6 nitrogen and oxygen atoms in total. The molecule has 0 aliphatic carbocycles. The molecule has 328 valence electrons. The Labute approximate surface area is 376 Å². The number of hydrogen-bond acceptors (Lipinski definition) is 4. The molecule has 0 fully saturated rings. The topological polar surface area (TPSA) is 109 Å². The van der Waals surface area contributed by atoms with E-state index in [4.69, 9.17) is 25.9 Å². The van der Waals surface area contributed by atoms with Crippen LogP contribution >= 0.6 is 15.8 Å².